The molecule has 1 amide bonds. The van der Waals surface area contributed by atoms with Gasteiger partial charge < -0.3 is 15.4 Å². The number of rotatable bonds is 7. The summed E-state index contributed by atoms with van der Waals surface area (Å²) in [4.78, 5) is 11.5. The summed E-state index contributed by atoms with van der Waals surface area (Å²) in [5, 5.41) is 5.95. The summed E-state index contributed by atoms with van der Waals surface area (Å²) in [5.74, 6) is 0.676. The molecule has 1 aromatic rings. The molecule has 0 aliphatic carbocycles. The third kappa shape index (κ3) is 4.37. The van der Waals surface area contributed by atoms with Crippen molar-refractivity contribution in [2.24, 2.45) is 0 Å². The van der Waals surface area contributed by atoms with Crippen LogP contribution in [0, 0.1) is 0 Å². The minimum absolute atomic E-state index is 0.0629. The van der Waals surface area contributed by atoms with E-state index >= 15 is 0 Å². The number of hydrogen-bond donors (Lipinski definition) is 2. The maximum atomic E-state index is 11.5. The summed E-state index contributed by atoms with van der Waals surface area (Å²) >= 11 is 0. The van der Waals surface area contributed by atoms with E-state index < -0.39 is 0 Å². The first-order valence-electron chi connectivity index (χ1n) is 6.34. The lowest BCUT2D eigenvalue weighted by atomic mass is 10.1. The van der Waals surface area contributed by atoms with E-state index in [1.54, 1.807) is 0 Å². The highest BCUT2D eigenvalue weighted by molar-refractivity contribution is 5.77. The van der Waals surface area contributed by atoms with Crippen LogP contribution < -0.4 is 15.4 Å². The highest BCUT2D eigenvalue weighted by atomic mass is 16.5. The summed E-state index contributed by atoms with van der Waals surface area (Å²) in [6.07, 6.45) is 0.930. The summed E-state index contributed by atoms with van der Waals surface area (Å²) in [7, 11) is 1.90. The first kappa shape index (κ1) is 14.5. The Morgan fingerprint density at radius 2 is 2.11 bits per heavy atom. The third-order valence-corrected chi connectivity index (χ3v) is 2.75. The zero-order valence-corrected chi connectivity index (χ0v) is 11.3. The highest BCUT2D eigenvalue weighted by Gasteiger charge is 2.10. The van der Waals surface area contributed by atoms with Crippen molar-refractivity contribution in [2.45, 2.75) is 26.3 Å². The largest absolute Gasteiger partial charge is 0.483 e. The average Bonchev–Trinajstić information content (AvgIpc) is 2.42. The monoisotopic (exact) mass is 250 g/mol. The first-order valence-corrected chi connectivity index (χ1v) is 6.34. The molecule has 0 spiro atoms. The molecule has 1 atom stereocenters. The molecule has 1 rings (SSSR count). The van der Waals surface area contributed by atoms with Crippen molar-refractivity contribution in [3.8, 4) is 5.75 Å². The Kier molecular flexibility index (Phi) is 6.22. The van der Waals surface area contributed by atoms with Gasteiger partial charge in [0.2, 0.25) is 0 Å². The molecule has 4 heteroatoms. The number of amides is 1. The van der Waals surface area contributed by atoms with Crippen molar-refractivity contribution >= 4 is 5.91 Å². The molecule has 0 heterocycles. The number of para-hydroxylation sites is 1. The molecule has 100 valence electrons. The smallest absolute Gasteiger partial charge is 0.257 e. The zero-order chi connectivity index (χ0) is 13.4. The van der Waals surface area contributed by atoms with Crippen LogP contribution in [0.5, 0.6) is 5.75 Å². The molecule has 0 aliphatic rings. The van der Waals surface area contributed by atoms with E-state index in [1.165, 1.54) is 0 Å². The van der Waals surface area contributed by atoms with Crippen LogP contribution in [0.2, 0.25) is 0 Å². The lowest BCUT2D eigenvalue weighted by Gasteiger charge is -2.16. The molecule has 4 nitrogen and oxygen atoms in total. The predicted octanol–water partition coefficient (Wildman–Crippen LogP) is 1.87. The van der Waals surface area contributed by atoms with Crippen LogP contribution in [0.15, 0.2) is 24.3 Å². The van der Waals surface area contributed by atoms with Gasteiger partial charge in [0.25, 0.3) is 5.91 Å². The second kappa shape index (κ2) is 7.71. The van der Waals surface area contributed by atoms with Gasteiger partial charge in [-0.1, -0.05) is 25.1 Å². The minimum atomic E-state index is -0.0798. The molecular weight excluding hydrogens is 228 g/mol. The normalized spacial score (nSPS) is 11.9. The fourth-order valence-electron chi connectivity index (χ4n) is 1.58. The van der Waals surface area contributed by atoms with E-state index in [0.717, 1.165) is 17.7 Å². The van der Waals surface area contributed by atoms with E-state index in [9.17, 15) is 4.79 Å². The molecule has 0 saturated carbocycles. The van der Waals surface area contributed by atoms with Crippen LogP contribution in [0.25, 0.3) is 0 Å². The molecule has 0 saturated heterocycles. The number of benzene rings is 1. The van der Waals surface area contributed by atoms with Gasteiger partial charge in [0.05, 0.1) is 0 Å². The summed E-state index contributed by atoms with van der Waals surface area (Å²) in [5.41, 5.74) is 1.06. The Balaban J connectivity index is 2.59. The van der Waals surface area contributed by atoms with Crippen LogP contribution in [-0.4, -0.2) is 26.1 Å². The Labute approximate surface area is 109 Å². The van der Waals surface area contributed by atoms with Crippen molar-refractivity contribution in [3.63, 3.8) is 0 Å². The fraction of sp³-hybridized carbons (Fsp3) is 0.500. The van der Waals surface area contributed by atoms with Gasteiger partial charge >= 0.3 is 0 Å². The highest BCUT2D eigenvalue weighted by Crippen LogP contribution is 2.24. The fourth-order valence-corrected chi connectivity index (χ4v) is 1.58. The number of carbonyl (C=O) groups is 1. The summed E-state index contributed by atoms with van der Waals surface area (Å²) in [6, 6.07) is 7.95. The molecular formula is C14H22N2O2. The van der Waals surface area contributed by atoms with E-state index in [-0.39, 0.29) is 18.6 Å². The molecule has 18 heavy (non-hydrogen) atoms. The molecule has 1 unspecified atom stereocenters. The molecule has 0 aromatic heterocycles. The van der Waals surface area contributed by atoms with Crippen LogP contribution in [0.3, 0.4) is 0 Å². The van der Waals surface area contributed by atoms with Crippen molar-refractivity contribution in [2.75, 3.05) is 20.2 Å². The maximum absolute atomic E-state index is 11.5. The van der Waals surface area contributed by atoms with Crippen molar-refractivity contribution < 1.29 is 9.53 Å². The van der Waals surface area contributed by atoms with Gasteiger partial charge in [-0.15, -0.1) is 0 Å². The quantitative estimate of drug-likeness (QED) is 0.776. The Morgan fingerprint density at radius 1 is 1.39 bits per heavy atom. The van der Waals surface area contributed by atoms with Gasteiger partial charge in [-0.05, 0) is 26.5 Å². The van der Waals surface area contributed by atoms with Crippen molar-refractivity contribution in [3.05, 3.63) is 29.8 Å². The number of nitrogens with one attached hydrogen (secondary N) is 2. The molecule has 0 aliphatic heterocycles. The molecule has 2 N–H and O–H groups in total. The topological polar surface area (TPSA) is 50.4 Å². The number of carbonyl (C=O) groups excluding carboxylic acids is 1. The van der Waals surface area contributed by atoms with E-state index in [2.05, 4.69) is 17.6 Å². The first-order chi connectivity index (χ1) is 8.69. The lowest BCUT2D eigenvalue weighted by Crippen LogP contribution is -2.29. The molecule has 0 fully saturated rings. The summed E-state index contributed by atoms with van der Waals surface area (Å²) in [6.45, 7) is 4.83. The van der Waals surface area contributed by atoms with Gasteiger partial charge in [-0.2, -0.15) is 0 Å². The van der Waals surface area contributed by atoms with Gasteiger partial charge in [0, 0.05) is 18.2 Å². The Hall–Kier alpha value is -1.55. The predicted molar refractivity (Wildman–Crippen MR) is 72.7 cm³/mol. The second-order valence-electron chi connectivity index (χ2n) is 4.19. The van der Waals surface area contributed by atoms with Gasteiger partial charge in [-0.3, -0.25) is 4.79 Å². The zero-order valence-electron chi connectivity index (χ0n) is 11.3. The third-order valence-electron chi connectivity index (χ3n) is 2.75. The molecule has 1 aromatic carbocycles. The Bertz CT molecular complexity index is 380. The van der Waals surface area contributed by atoms with Crippen molar-refractivity contribution in [1.82, 2.24) is 10.6 Å². The number of ether oxygens (including phenoxy) is 1. The van der Waals surface area contributed by atoms with Gasteiger partial charge in [0.15, 0.2) is 6.61 Å². The van der Waals surface area contributed by atoms with E-state index in [1.807, 2.05) is 38.2 Å². The lowest BCUT2D eigenvalue weighted by molar-refractivity contribution is -0.123. The molecule has 0 bridgehead atoms. The standard InChI is InChI=1S/C14H22N2O2/c1-4-9-16-14(17)10-18-13-8-6-5-7-12(13)11(2)15-3/h5-8,11,15H,4,9-10H2,1-3H3,(H,16,17). The minimum Gasteiger partial charge on any atom is -0.483 e. The van der Waals surface area contributed by atoms with E-state index in [0.29, 0.717) is 6.54 Å². The van der Waals surface area contributed by atoms with Crippen LogP contribution >= 0.6 is 0 Å². The second-order valence-corrected chi connectivity index (χ2v) is 4.19. The maximum Gasteiger partial charge on any atom is 0.257 e. The number of hydrogen-bond acceptors (Lipinski definition) is 3. The van der Waals surface area contributed by atoms with Crippen molar-refractivity contribution in [1.29, 1.82) is 0 Å². The van der Waals surface area contributed by atoms with E-state index in [4.69, 9.17) is 4.74 Å². The van der Waals surface area contributed by atoms with Crippen LogP contribution in [-0.2, 0) is 4.79 Å². The average molecular weight is 250 g/mol. The van der Waals surface area contributed by atoms with Gasteiger partial charge in [-0.25, -0.2) is 0 Å². The van der Waals surface area contributed by atoms with Gasteiger partial charge in [0.1, 0.15) is 5.75 Å². The Morgan fingerprint density at radius 3 is 2.78 bits per heavy atom. The molecule has 0 radical (unpaired) electrons. The summed E-state index contributed by atoms with van der Waals surface area (Å²) < 4.78 is 5.57. The van der Waals surface area contributed by atoms with Crippen LogP contribution in [0.4, 0.5) is 0 Å². The SMILES string of the molecule is CCCNC(=O)COc1ccccc1C(C)NC. The van der Waals surface area contributed by atoms with Crippen LogP contribution in [0.1, 0.15) is 31.9 Å².